The summed E-state index contributed by atoms with van der Waals surface area (Å²) in [4.78, 5) is 11.2. The van der Waals surface area contributed by atoms with Gasteiger partial charge in [0.1, 0.15) is 6.04 Å². The Morgan fingerprint density at radius 3 is 1.47 bits per heavy atom. The van der Waals surface area contributed by atoms with Crippen LogP contribution in [0.1, 0.15) is 6.92 Å². The van der Waals surface area contributed by atoms with E-state index in [1.54, 1.807) is 0 Å². The fraction of sp³-hybridized carbons (Fsp3) is 0.900. The standard InChI is InChI=1S/C10H25NO2Si2/c1-10(14(2,3)4,15(5,6)7)8(11)9(12)13/h8H,11H2,1-7H3,(H,12,13). The van der Waals surface area contributed by atoms with Crippen LogP contribution in [0, 0.1) is 0 Å². The number of rotatable bonds is 4. The SMILES string of the molecule is CC(C(N)C(=O)O)([Si](C)(C)C)[Si](C)(C)C. The molecule has 0 aliphatic rings. The lowest BCUT2D eigenvalue weighted by Gasteiger charge is -2.51. The normalized spacial score (nSPS) is 16.3. The molecule has 0 saturated heterocycles. The van der Waals surface area contributed by atoms with Crippen LogP contribution in [-0.4, -0.2) is 33.3 Å². The number of hydrogen-bond donors (Lipinski definition) is 2. The van der Waals surface area contributed by atoms with Crippen molar-refractivity contribution in [3.63, 3.8) is 0 Å². The lowest BCUT2D eigenvalue weighted by molar-refractivity contribution is -0.139. The van der Waals surface area contributed by atoms with E-state index in [-0.39, 0.29) is 4.66 Å². The molecule has 15 heavy (non-hydrogen) atoms. The molecule has 0 radical (unpaired) electrons. The first-order valence-electron chi connectivity index (χ1n) is 5.34. The molecule has 3 nitrogen and oxygen atoms in total. The Bertz CT molecular complexity index is 239. The maximum absolute atomic E-state index is 11.2. The highest BCUT2D eigenvalue weighted by molar-refractivity contribution is 6.99. The molecule has 0 rings (SSSR count). The van der Waals surface area contributed by atoms with Gasteiger partial charge in [-0.2, -0.15) is 0 Å². The predicted octanol–water partition coefficient (Wildman–Crippen LogP) is 2.37. The Kier molecular flexibility index (Phi) is 3.99. The zero-order valence-corrected chi connectivity index (χ0v) is 13.0. The topological polar surface area (TPSA) is 63.3 Å². The van der Waals surface area contributed by atoms with Crippen LogP contribution >= 0.6 is 0 Å². The van der Waals surface area contributed by atoms with Gasteiger partial charge in [-0.3, -0.25) is 4.79 Å². The minimum Gasteiger partial charge on any atom is -0.480 e. The number of carbonyl (C=O) groups is 1. The number of nitrogens with two attached hydrogens (primary N) is 1. The summed E-state index contributed by atoms with van der Waals surface area (Å²) in [5, 5.41) is 9.16. The van der Waals surface area contributed by atoms with E-state index in [9.17, 15) is 4.79 Å². The van der Waals surface area contributed by atoms with Crippen LogP contribution in [0.4, 0.5) is 0 Å². The Hall–Kier alpha value is -0.136. The maximum Gasteiger partial charge on any atom is 0.320 e. The van der Waals surface area contributed by atoms with Gasteiger partial charge >= 0.3 is 5.97 Å². The molecule has 3 N–H and O–H groups in total. The van der Waals surface area contributed by atoms with Gasteiger partial charge in [0, 0.05) is 0 Å². The molecule has 0 aliphatic heterocycles. The summed E-state index contributed by atoms with van der Waals surface area (Å²) >= 11 is 0. The third kappa shape index (κ3) is 2.51. The van der Waals surface area contributed by atoms with Gasteiger partial charge in [0.05, 0.1) is 16.1 Å². The smallest absolute Gasteiger partial charge is 0.320 e. The van der Waals surface area contributed by atoms with E-state index in [1.807, 2.05) is 0 Å². The summed E-state index contributed by atoms with van der Waals surface area (Å²) in [5.41, 5.74) is 5.94. The van der Waals surface area contributed by atoms with Crippen molar-refractivity contribution in [2.45, 2.75) is 56.9 Å². The Labute approximate surface area is 95.1 Å². The number of carboxylic acid groups (broad SMARTS) is 1. The molecule has 5 heteroatoms. The van der Waals surface area contributed by atoms with Gasteiger partial charge < -0.3 is 10.8 Å². The monoisotopic (exact) mass is 247 g/mol. The predicted molar refractivity (Wildman–Crippen MR) is 70.7 cm³/mol. The van der Waals surface area contributed by atoms with Gasteiger partial charge in [0.25, 0.3) is 0 Å². The van der Waals surface area contributed by atoms with Crippen LogP contribution < -0.4 is 5.73 Å². The lowest BCUT2D eigenvalue weighted by atomic mass is 10.2. The summed E-state index contributed by atoms with van der Waals surface area (Å²) in [6, 6.07) is -0.726. The van der Waals surface area contributed by atoms with Crippen molar-refractivity contribution in [2.75, 3.05) is 0 Å². The van der Waals surface area contributed by atoms with E-state index in [0.717, 1.165) is 0 Å². The van der Waals surface area contributed by atoms with Crippen LogP contribution in [0.2, 0.25) is 43.9 Å². The maximum atomic E-state index is 11.2. The van der Waals surface area contributed by atoms with Crippen molar-refractivity contribution in [3.05, 3.63) is 0 Å². The highest BCUT2D eigenvalue weighted by Crippen LogP contribution is 2.48. The van der Waals surface area contributed by atoms with Crippen molar-refractivity contribution in [2.24, 2.45) is 5.73 Å². The molecule has 0 aromatic rings. The van der Waals surface area contributed by atoms with Gasteiger partial charge in [-0.1, -0.05) is 46.2 Å². The van der Waals surface area contributed by atoms with E-state index in [2.05, 4.69) is 46.2 Å². The minimum absolute atomic E-state index is 0.189. The van der Waals surface area contributed by atoms with Crippen LogP contribution in [0.5, 0.6) is 0 Å². The minimum atomic E-state index is -1.62. The summed E-state index contributed by atoms with van der Waals surface area (Å²) < 4.78 is -0.189. The van der Waals surface area contributed by atoms with Gasteiger partial charge in [-0.25, -0.2) is 0 Å². The van der Waals surface area contributed by atoms with E-state index >= 15 is 0 Å². The molecule has 0 aromatic heterocycles. The summed E-state index contributed by atoms with van der Waals surface area (Å²) in [6.45, 7) is 15.4. The molecule has 90 valence electrons. The quantitative estimate of drug-likeness (QED) is 0.750. The summed E-state index contributed by atoms with van der Waals surface area (Å²) in [6.07, 6.45) is 0. The molecule has 1 unspecified atom stereocenters. The van der Waals surface area contributed by atoms with Gasteiger partial charge in [-0.15, -0.1) is 0 Å². The lowest BCUT2D eigenvalue weighted by Crippen LogP contribution is -2.63. The van der Waals surface area contributed by atoms with Crippen molar-refractivity contribution in [3.8, 4) is 0 Å². The van der Waals surface area contributed by atoms with Crippen LogP contribution in [0.25, 0.3) is 0 Å². The second-order valence-corrected chi connectivity index (χ2v) is 18.1. The number of aliphatic carboxylic acids is 1. The summed E-state index contributed by atoms with van der Waals surface area (Å²) in [7, 11) is -3.23. The zero-order chi connectivity index (χ0) is 12.7. The molecule has 0 heterocycles. The van der Waals surface area contributed by atoms with Crippen molar-refractivity contribution >= 4 is 22.1 Å². The van der Waals surface area contributed by atoms with Gasteiger partial charge in [0.15, 0.2) is 0 Å². The van der Waals surface area contributed by atoms with Crippen molar-refractivity contribution in [1.82, 2.24) is 0 Å². The molecule has 0 bridgehead atoms. The third-order valence-electron chi connectivity index (χ3n) is 4.00. The second-order valence-electron chi connectivity index (χ2n) is 6.52. The molecule has 0 fully saturated rings. The first kappa shape index (κ1) is 14.9. The Balaban J connectivity index is 5.53. The molecule has 0 spiro atoms. The molecule has 0 amide bonds. The molecule has 0 saturated carbocycles. The van der Waals surface area contributed by atoms with E-state index in [1.165, 1.54) is 0 Å². The third-order valence-corrected chi connectivity index (χ3v) is 15.4. The Morgan fingerprint density at radius 1 is 1.13 bits per heavy atom. The van der Waals surface area contributed by atoms with E-state index in [4.69, 9.17) is 10.8 Å². The highest BCUT2D eigenvalue weighted by Gasteiger charge is 2.54. The number of hydrogen-bond acceptors (Lipinski definition) is 2. The van der Waals surface area contributed by atoms with Gasteiger partial charge in [0.2, 0.25) is 0 Å². The largest absolute Gasteiger partial charge is 0.480 e. The van der Waals surface area contributed by atoms with E-state index in [0.29, 0.717) is 0 Å². The summed E-state index contributed by atoms with van der Waals surface area (Å²) in [5.74, 6) is -0.859. The zero-order valence-electron chi connectivity index (χ0n) is 11.0. The first-order chi connectivity index (χ1) is 6.35. The molecular formula is C10H25NO2Si2. The van der Waals surface area contributed by atoms with Crippen LogP contribution in [0.15, 0.2) is 0 Å². The van der Waals surface area contributed by atoms with Crippen LogP contribution in [-0.2, 0) is 4.79 Å². The first-order valence-corrected chi connectivity index (χ1v) is 12.3. The molecule has 0 aromatic carbocycles. The molecular weight excluding hydrogens is 222 g/mol. The van der Waals surface area contributed by atoms with Gasteiger partial charge in [-0.05, 0) is 4.66 Å². The van der Waals surface area contributed by atoms with E-state index < -0.39 is 28.2 Å². The fourth-order valence-corrected chi connectivity index (χ4v) is 13.4. The highest BCUT2D eigenvalue weighted by atomic mass is 28.4. The number of carboxylic acids is 1. The fourth-order valence-electron chi connectivity index (χ4n) is 2.30. The second kappa shape index (κ2) is 4.03. The average Bonchev–Trinajstić information content (AvgIpc) is 1.96. The molecule has 0 aliphatic carbocycles. The average molecular weight is 247 g/mol. The molecule has 1 atom stereocenters. The van der Waals surface area contributed by atoms with Crippen molar-refractivity contribution in [1.29, 1.82) is 0 Å². The van der Waals surface area contributed by atoms with Crippen LogP contribution in [0.3, 0.4) is 0 Å². The van der Waals surface area contributed by atoms with Crippen molar-refractivity contribution < 1.29 is 9.90 Å². The Morgan fingerprint density at radius 2 is 1.40 bits per heavy atom.